The van der Waals surface area contributed by atoms with E-state index in [0.29, 0.717) is 0 Å². The molecule has 0 amide bonds. The second-order valence-corrected chi connectivity index (χ2v) is 5.74. The smallest absolute Gasteiger partial charge is 0.0717 e. The fraction of sp³-hybridized carbons (Fsp3) is 0.647. The maximum Gasteiger partial charge on any atom is 0.0717 e. The second kappa shape index (κ2) is 9.11. The number of piperidine rings is 1. The maximum absolute atomic E-state index is 5.73. The van der Waals surface area contributed by atoms with Crippen LogP contribution in [0.4, 0.5) is 0 Å². The summed E-state index contributed by atoms with van der Waals surface area (Å²) in [6.07, 6.45) is 4.17. The van der Waals surface area contributed by atoms with E-state index >= 15 is 0 Å². The van der Waals surface area contributed by atoms with Crippen LogP contribution in [-0.4, -0.2) is 56.2 Å². The molecule has 0 radical (unpaired) electrons. The monoisotopic (exact) mass is 276 g/mol. The van der Waals surface area contributed by atoms with Gasteiger partial charge in [-0.3, -0.25) is 0 Å². The molecular weight excluding hydrogens is 248 g/mol. The predicted molar refractivity (Wildman–Crippen MR) is 83.9 cm³/mol. The Labute approximate surface area is 123 Å². The molecule has 3 heteroatoms. The lowest BCUT2D eigenvalue weighted by molar-refractivity contribution is 0.0950. The zero-order valence-corrected chi connectivity index (χ0v) is 12.8. The van der Waals surface area contributed by atoms with Gasteiger partial charge in [0.1, 0.15) is 0 Å². The highest BCUT2D eigenvalue weighted by atomic mass is 16.5. The van der Waals surface area contributed by atoms with Gasteiger partial charge in [-0.2, -0.15) is 0 Å². The molecule has 20 heavy (non-hydrogen) atoms. The van der Waals surface area contributed by atoms with Crippen molar-refractivity contribution in [3.05, 3.63) is 35.9 Å². The number of hydrogen-bond donors (Lipinski definition) is 0. The van der Waals surface area contributed by atoms with Gasteiger partial charge in [0, 0.05) is 19.6 Å². The lowest BCUT2D eigenvalue weighted by Crippen LogP contribution is -2.37. The van der Waals surface area contributed by atoms with Crippen LogP contribution in [0.2, 0.25) is 0 Å². The van der Waals surface area contributed by atoms with Crippen molar-refractivity contribution >= 4 is 0 Å². The number of ether oxygens (including phenoxy) is 1. The second-order valence-electron chi connectivity index (χ2n) is 5.74. The van der Waals surface area contributed by atoms with Gasteiger partial charge in [0.2, 0.25) is 0 Å². The summed E-state index contributed by atoms with van der Waals surface area (Å²) in [5.74, 6) is 0. The van der Waals surface area contributed by atoms with Crippen LogP contribution in [0.25, 0.3) is 0 Å². The molecule has 1 fully saturated rings. The van der Waals surface area contributed by atoms with Gasteiger partial charge in [-0.1, -0.05) is 36.8 Å². The highest BCUT2D eigenvalue weighted by molar-refractivity contribution is 5.13. The van der Waals surface area contributed by atoms with Gasteiger partial charge >= 0.3 is 0 Å². The number of hydrogen-bond acceptors (Lipinski definition) is 3. The predicted octanol–water partition coefficient (Wildman–Crippen LogP) is 2.62. The van der Waals surface area contributed by atoms with Crippen molar-refractivity contribution in [3.8, 4) is 0 Å². The number of likely N-dealkylation sites (N-methyl/N-ethyl adjacent to an activating group) is 1. The number of benzene rings is 1. The zero-order chi connectivity index (χ0) is 14.0. The molecule has 1 saturated heterocycles. The van der Waals surface area contributed by atoms with Crippen molar-refractivity contribution in [2.75, 3.05) is 46.4 Å². The van der Waals surface area contributed by atoms with Gasteiger partial charge in [0.25, 0.3) is 0 Å². The average molecular weight is 276 g/mol. The first-order valence-corrected chi connectivity index (χ1v) is 7.87. The molecule has 0 bridgehead atoms. The van der Waals surface area contributed by atoms with E-state index in [2.05, 4.69) is 41.1 Å². The van der Waals surface area contributed by atoms with E-state index in [4.69, 9.17) is 4.74 Å². The minimum absolute atomic E-state index is 0.723. The molecule has 0 atom stereocenters. The summed E-state index contributed by atoms with van der Waals surface area (Å²) in [6.45, 7) is 7.48. The van der Waals surface area contributed by atoms with Crippen LogP contribution in [0.3, 0.4) is 0 Å². The quantitative estimate of drug-likeness (QED) is 0.679. The van der Waals surface area contributed by atoms with Gasteiger partial charge in [-0.15, -0.1) is 0 Å². The topological polar surface area (TPSA) is 15.7 Å². The molecule has 0 spiro atoms. The lowest BCUT2D eigenvalue weighted by atomic mass is 10.1. The SMILES string of the molecule is CN(CCOCc1ccccc1)CCN1CCCCC1. The summed E-state index contributed by atoms with van der Waals surface area (Å²) in [7, 11) is 2.19. The van der Waals surface area contributed by atoms with Crippen LogP contribution in [-0.2, 0) is 11.3 Å². The molecule has 0 aromatic heterocycles. The van der Waals surface area contributed by atoms with Crippen molar-refractivity contribution < 1.29 is 4.74 Å². The molecule has 0 unspecified atom stereocenters. The first-order chi connectivity index (χ1) is 9.84. The van der Waals surface area contributed by atoms with Gasteiger partial charge in [-0.05, 0) is 38.5 Å². The molecule has 112 valence electrons. The fourth-order valence-corrected chi connectivity index (χ4v) is 2.59. The Kier molecular flexibility index (Phi) is 7.06. The van der Waals surface area contributed by atoms with Gasteiger partial charge in [-0.25, -0.2) is 0 Å². The van der Waals surface area contributed by atoms with Crippen molar-refractivity contribution in [3.63, 3.8) is 0 Å². The first kappa shape index (κ1) is 15.5. The highest BCUT2D eigenvalue weighted by Crippen LogP contribution is 2.07. The molecule has 3 nitrogen and oxygen atoms in total. The van der Waals surface area contributed by atoms with Crippen LogP contribution < -0.4 is 0 Å². The first-order valence-electron chi connectivity index (χ1n) is 7.87. The zero-order valence-electron chi connectivity index (χ0n) is 12.8. The Bertz CT molecular complexity index is 349. The number of likely N-dealkylation sites (tertiary alicyclic amines) is 1. The van der Waals surface area contributed by atoms with Crippen LogP contribution in [0, 0.1) is 0 Å². The average Bonchev–Trinajstić information content (AvgIpc) is 2.52. The summed E-state index contributed by atoms with van der Waals surface area (Å²) in [5.41, 5.74) is 1.25. The van der Waals surface area contributed by atoms with Crippen molar-refractivity contribution in [2.45, 2.75) is 25.9 Å². The van der Waals surface area contributed by atoms with Crippen LogP contribution >= 0.6 is 0 Å². The van der Waals surface area contributed by atoms with Crippen molar-refractivity contribution in [1.82, 2.24) is 9.80 Å². The molecule has 1 aliphatic rings. The number of rotatable bonds is 8. The molecule has 2 rings (SSSR count). The molecule has 1 aromatic rings. The lowest BCUT2D eigenvalue weighted by Gasteiger charge is -2.28. The van der Waals surface area contributed by atoms with E-state index in [1.54, 1.807) is 0 Å². The van der Waals surface area contributed by atoms with E-state index in [9.17, 15) is 0 Å². The van der Waals surface area contributed by atoms with E-state index in [-0.39, 0.29) is 0 Å². The maximum atomic E-state index is 5.73. The largest absolute Gasteiger partial charge is 0.375 e. The highest BCUT2D eigenvalue weighted by Gasteiger charge is 2.10. The van der Waals surface area contributed by atoms with Gasteiger partial charge in [0.15, 0.2) is 0 Å². The molecule has 0 N–H and O–H groups in total. The fourth-order valence-electron chi connectivity index (χ4n) is 2.59. The van der Waals surface area contributed by atoms with Gasteiger partial charge in [0.05, 0.1) is 13.2 Å². The van der Waals surface area contributed by atoms with E-state index in [1.807, 2.05) is 6.07 Å². The third kappa shape index (κ3) is 6.04. The van der Waals surface area contributed by atoms with Crippen LogP contribution in [0.15, 0.2) is 30.3 Å². The van der Waals surface area contributed by atoms with Gasteiger partial charge < -0.3 is 14.5 Å². The van der Waals surface area contributed by atoms with E-state index < -0.39 is 0 Å². The van der Waals surface area contributed by atoms with Crippen LogP contribution in [0.5, 0.6) is 0 Å². The van der Waals surface area contributed by atoms with Crippen LogP contribution in [0.1, 0.15) is 24.8 Å². The third-order valence-electron chi connectivity index (χ3n) is 3.98. The Morgan fingerprint density at radius 2 is 1.80 bits per heavy atom. The summed E-state index contributed by atoms with van der Waals surface area (Å²) in [6, 6.07) is 10.4. The summed E-state index contributed by atoms with van der Waals surface area (Å²) in [4.78, 5) is 4.96. The Hall–Kier alpha value is -0.900. The molecule has 1 heterocycles. The molecular formula is C17H28N2O. The third-order valence-corrected chi connectivity index (χ3v) is 3.98. The van der Waals surface area contributed by atoms with Crippen molar-refractivity contribution in [2.24, 2.45) is 0 Å². The minimum Gasteiger partial charge on any atom is -0.375 e. The Morgan fingerprint density at radius 3 is 2.55 bits per heavy atom. The van der Waals surface area contributed by atoms with E-state index in [0.717, 1.165) is 26.3 Å². The molecule has 1 aromatic carbocycles. The number of nitrogens with zero attached hydrogens (tertiary/aromatic N) is 2. The Balaban J connectivity index is 1.50. The molecule has 0 aliphatic carbocycles. The van der Waals surface area contributed by atoms with E-state index in [1.165, 1.54) is 44.5 Å². The molecule has 0 saturated carbocycles. The standard InChI is InChI=1S/C17H28N2O/c1-18(12-13-19-10-6-3-7-11-19)14-15-20-16-17-8-4-2-5-9-17/h2,4-5,8-9H,3,6-7,10-16H2,1H3. The summed E-state index contributed by atoms with van der Waals surface area (Å²) in [5, 5.41) is 0. The molecule has 1 aliphatic heterocycles. The summed E-state index contributed by atoms with van der Waals surface area (Å²) >= 11 is 0. The summed E-state index contributed by atoms with van der Waals surface area (Å²) < 4.78 is 5.73. The minimum atomic E-state index is 0.723. The van der Waals surface area contributed by atoms with Crippen molar-refractivity contribution in [1.29, 1.82) is 0 Å². The normalized spacial score (nSPS) is 16.7. The Morgan fingerprint density at radius 1 is 1.05 bits per heavy atom.